The lowest BCUT2D eigenvalue weighted by Gasteiger charge is -2.31. The summed E-state index contributed by atoms with van der Waals surface area (Å²) >= 11 is 0. The number of para-hydroxylation sites is 1. The number of hydrogen-bond acceptors (Lipinski definition) is 5. The Balaban J connectivity index is 1.57. The zero-order valence-corrected chi connectivity index (χ0v) is 14.9. The Morgan fingerprint density at radius 1 is 1.36 bits per heavy atom. The maximum atomic E-state index is 12.3. The van der Waals surface area contributed by atoms with Crippen molar-refractivity contribution >= 4 is 5.91 Å². The summed E-state index contributed by atoms with van der Waals surface area (Å²) in [4.78, 5) is 18.7. The van der Waals surface area contributed by atoms with Gasteiger partial charge in [-0.2, -0.15) is 4.98 Å². The Morgan fingerprint density at radius 2 is 2.16 bits per heavy atom. The van der Waals surface area contributed by atoms with Gasteiger partial charge in [0.1, 0.15) is 5.75 Å². The second-order valence-electron chi connectivity index (χ2n) is 6.92. The Bertz CT molecular complexity index is 684. The molecule has 0 bridgehead atoms. The lowest BCUT2D eigenvalue weighted by molar-refractivity contribution is -0.133. The van der Waals surface area contributed by atoms with E-state index in [9.17, 15) is 4.79 Å². The third-order valence-electron chi connectivity index (χ3n) is 4.31. The standard InChI is InChI=1S/C19H25N3O3/c1-14(2)11-18(23)22-10-6-7-15(12-22)19-20-17(25-21-19)13-24-16-8-4-3-5-9-16/h3-5,8-9,14-15H,6-7,10-13H2,1-2H3. The zero-order valence-electron chi connectivity index (χ0n) is 14.9. The minimum atomic E-state index is 0.138. The topological polar surface area (TPSA) is 68.5 Å². The molecule has 0 radical (unpaired) electrons. The van der Waals surface area contributed by atoms with Crippen LogP contribution < -0.4 is 4.74 Å². The highest BCUT2D eigenvalue weighted by Gasteiger charge is 2.28. The predicted octanol–water partition coefficient (Wildman–Crippen LogP) is 3.40. The van der Waals surface area contributed by atoms with Crippen molar-refractivity contribution in [2.75, 3.05) is 13.1 Å². The van der Waals surface area contributed by atoms with Gasteiger partial charge in [0.05, 0.1) is 0 Å². The first kappa shape index (κ1) is 17.5. The largest absolute Gasteiger partial charge is 0.484 e. The molecule has 0 aliphatic carbocycles. The summed E-state index contributed by atoms with van der Waals surface area (Å²) in [5, 5.41) is 4.10. The van der Waals surface area contributed by atoms with E-state index in [2.05, 4.69) is 24.0 Å². The summed E-state index contributed by atoms with van der Waals surface area (Å²) < 4.78 is 10.9. The van der Waals surface area contributed by atoms with E-state index >= 15 is 0 Å². The van der Waals surface area contributed by atoms with Crippen LogP contribution in [0.4, 0.5) is 0 Å². The van der Waals surface area contributed by atoms with Crippen molar-refractivity contribution < 1.29 is 14.1 Å². The molecule has 0 spiro atoms. The van der Waals surface area contributed by atoms with E-state index in [1.165, 1.54) is 0 Å². The number of carbonyl (C=O) groups is 1. The number of amides is 1. The van der Waals surface area contributed by atoms with Crippen molar-refractivity contribution in [3.63, 3.8) is 0 Å². The number of rotatable bonds is 6. The molecule has 1 atom stereocenters. The fourth-order valence-electron chi connectivity index (χ4n) is 3.05. The number of piperidine rings is 1. The van der Waals surface area contributed by atoms with E-state index in [1.807, 2.05) is 35.2 Å². The predicted molar refractivity (Wildman–Crippen MR) is 93.1 cm³/mol. The maximum Gasteiger partial charge on any atom is 0.264 e. The van der Waals surface area contributed by atoms with Crippen LogP contribution >= 0.6 is 0 Å². The Morgan fingerprint density at radius 3 is 2.92 bits per heavy atom. The molecule has 2 heterocycles. The Hall–Kier alpha value is -2.37. The van der Waals surface area contributed by atoms with Crippen LogP contribution in [0.3, 0.4) is 0 Å². The van der Waals surface area contributed by atoms with Gasteiger partial charge in [0.25, 0.3) is 5.89 Å². The van der Waals surface area contributed by atoms with Crippen LogP contribution in [-0.4, -0.2) is 34.0 Å². The van der Waals surface area contributed by atoms with E-state index in [0.717, 1.165) is 25.1 Å². The fraction of sp³-hybridized carbons (Fsp3) is 0.526. The van der Waals surface area contributed by atoms with Crippen molar-refractivity contribution in [1.29, 1.82) is 0 Å². The lowest BCUT2D eigenvalue weighted by atomic mass is 9.96. The molecule has 1 amide bonds. The Labute approximate surface area is 148 Å². The summed E-state index contributed by atoms with van der Waals surface area (Å²) in [6.45, 7) is 5.88. The summed E-state index contributed by atoms with van der Waals surface area (Å²) in [7, 11) is 0. The quantitative estimate of drug-likeness (QED) is 0.804. The summed E-state index contributed by atoms with van der Waals surface area (Å²) in [6, 6.07) is 9.54. The molecule has 1 unspecified atom stereocenters. The summed E-state index contributed by atoms with van der Waals surface area (Å²) in [5.74, 6) is 2.64. The zero-order chi connectivity index (χ0) is 17.6. The highest BCUT2D eigenvalue weighted by atomic mass is 16.5. The van der Waals surface area contributed by atoms with Crippen molar-refractivity contribution in [1.82, 2.24) is 15.0 Å². The molecule has 0 N–H and O–H groups in total. The third kappa shape index (κ3) is 4.81. The van der Waals surface area contributed by atoms with Crippen LogP contribution in [0.1, 0.15) is 50.7 Å². The molecule has 1 fully saturated rings. The molecule has 1 aliphatic rings. The first-order chi connectivity index (χ1) is 12.1. The fourth-order valence-corrected chi connectivity index (χ4v) is 3.05. The second kappa shape index (κ2) is 8.14. The van der Waals surface area contributed by atoms with Crippen molar-refractivity contribution in [3.8, 4) is 5.75 Å². The van der Waals surface area contributed by atoms with Crippen LogP contribution in [0.5, 0.6) is 5.75 Å². The highest BCUT2D eigenvalue weighted by Crippen LogP contribution is 2.26. The van der Waals surface area contributed by atoms with Gasteiger partial charge in [-0.25, -0.2) is 0 Å². The lowest BCUT2D eigenvalue weighted by Crippen LogP contribution is -2.39. The van der Waals surface area contributed by atoms with Gasteiger partial charge in [0.15, 0.2) is 12.4 Å². The number of aromatic nitrogens is 2. The molecule has 1 aromatic heterocycles. The number of nitrogens with zero attached hydrogens (tertiary/aromatic N) is 3. The molecule has 1 aromatic carbocycles. The molecule has 0 saturated carbocycles. The van der Waals surface area contributed by atoms with Crippen molar-refractivity contribution in [3.05, 3.63) is 42.0 Å². The van der Waals surface area contributed by atoms with E-state index < -0.39 is 0 Å². The number of ether oxygens (including phenoxy) is 1. The second-order valence-corrected chi connectivity index (χ2v) is 6.92. The molecule has 1 aliphatic heterocycles. The molecular formula is C19H25N3O3. The van der Waals surface area contributed by atoms with Gasteiger partial charge in [-0.1, -0.05) is 37.2 Å². The average molecular weight is 343 g/mol. The van der Waals surface area contributed by atoms with E-state index in [1.54, 1.807) is 0 Å². The molecule has 3 rings (SSSR count). The number of likely N-dealkylation sites (tertiary alicyclic amines) is 1. The molecule has 25 heavy (non-hydrogen) atoms. The van der Waals surface area contributed by atoms with E-state index in [4.69, 9.17) is 9.26 Å². The van der Waals surface area contributed by atoms with Crippen LogP contribution in [0.2, 0.25) is 0 Å². The monoisotopic (exact) mass is 343 g/mol. The van der Waals surface area contributed by atoms with Crippen LogP contribution in [0.15, 0.2) is 34.9 Å². The summed E-state index contributed by atoms with van der Waals surface area (Å²) in [5.41, 5.74) is 0. The van der Waals surface area contributed by atoms with Gasteiger partial charge < -0.3 is 14.2 Å². The molecule has 6 heteroatoms. The Kier molecular flexibility index (Phi) is 5.68. The average Bonchev–Trinajstić information content (AvgIpc) is 3.09. The van der Waals surface area contributed by atoms with Crippen LogP contribution in [0, 0.1) is 5.92 Å². The number of carbonyl (C=O) groups excluding carboxylic acids is 1. The molecule has 6 nitrogen and oxygen atoms in total. The van der Waals surface area contributed by atoms with Gasteiger partial charge >= 0.3 is 0 Å². The van der Waals surface area contributed by atoms with Gasteiger partial charge in [-0.05, 0) is 30.9 Å². The van der Waals surface area contributed by atoms with Crippen molar-refractivity contribution in [2.24, 2.45) is 5.92 Å². The number of benzene rings is 1. The SMILES string of the molecule is CC(C)CC(=O)N1CCCC(c2noc(COc3ccccc3)n2)C1. The van der Waals surface area contributed by atoms with Crippen LogP contribution in [0.25, 0.3) is 0 Å². The summed E-state index contributed by atoms with van der Waals surface area (Å²) in [6.07, 6.45) is 2.54. The van der Waals surface area contributed by atoms with E-state index in [0.29, 0.717) is 30.6 Å². The third-order valence-corrected chi connectivity index (χ3v) is 4.31. The normalized spacial score (nSPS) is 17.7. The van der Waals surface area contributed by atoms with Gasteiger partial charge in [-0.3, -0.25) is 4.79 Å². The van der Waals surface area contributed by atoms with Gasteiger partial charge in [-0.15, -0.1) is 0 Å². The minimum Gasteiger partial charge on any atom is -0.484 e. The maximum absolute atomic E-state index is 12.3. The van der Waals surface area contributed by atoms with Crippen molar-refractivity contribution in [2.45, 2.75) is 45.6 Å². The minimum absolute atomic E-state index is 0.138. The van der Waals surface area contributed by atoms with Crippen LogP contribution in [-0.2, 0) is 11.4 Å². The van der Waals surface area contributed by atoms with E-state index in [-0.39, 0.29) is 18.4 Å². The first-order valence-electron chi connectivity index (χ1n) is 8.90. The molecule has 2 aromatic rings. The molecule has 1 saturated heterocycles. The smallest absolute Gasteiger partial charge is 0.264 e. The molecular weight excluding hydrogens is 318 g/mol. The van der Waals surface area contributed by atoms with Gasteiger partial charge in [0.2, 0.25) is 5.91 Å². The highest BCUT2D eigenvalue weighted by molar-refractivity contribution is 5.76. The van der Waals surface area contributed by atoms with Gasteiger partial charge in [0, 0.05) is 25.4 Å². The molecule has 134 valence electrons. The first-order valence-corrected chi connectivity index (χ1v) is 8.90. The number of hydrogen-bond donors (Lipinski definition) is 0.